The zero-order valence-electron chi connectivity index (χ0n) is 14.4. The van der Waals surface area contributed by atoms with Crippen molar-refractivity contribution in [1.29, 1.82) is 0 Å². The number of benzene rings is 2. The lowest BCUT2D eigenvalue weighted by Crippen LogP contribution is -2.27. The molecule has 0 bridgehead atoms. The van der Waals surface area contributed by atoms with Gasteiger partial charge in [-0.3, -0.25) is 9.59 Å². The Hall–Kier alpha value is -3.68. The first-order valence-electron chi connectivity index (χ1n) is 8.42. The van der Waals surface area contributed by atoms with Crippen molar-refractivity contribution in [2.75, 3.05) is 11.9 Å². The molecule has 136 valence electrons. The van der Waals surface area contributed by atoms with Gasteiger partial charge in [-0.25, -0.2) is 9.67 Å². The molecule has 1 aromatic heterocycles. The van der Waals surface area contributed by atoms with Gasteiger partial charge in [0.1, 0.15) is 18.4 Å². The molecule has 4 rings (SSSR count). The number of rotatable bonds is 5. The third-order valence-electron chi connectivity index (χ3n) is 4.13. The Morgan fingerprint density at radius 1 is 1.22 bits per heavy atom. The van der Waals surface area contributed by atoms with E-state index >= 15 is 0 Å². The second-order valence-corrected chi connectivity index (χ2v) is 6.14. The van der Waals surface area contributed by atoms with E-state index in [9.17, 15) is 9.59 Å². The molecule has 0 saturated carbocycles. The average Bonchev–Trinajstić information content (AvgIpc) is 3.19. The Labute approximate surface area is 155 Å². The SMILES string of the molecule is O=C1COc2ccc(C(=O)NCc3cccc(Cn4cncn4)c3)cc2N1. The molecule has 0 atom stereocenters. The molecule has 2 aromatic carbocycles. The van der Waals surface area contributed by atoms with E-state index in [1.54, 1.807) is 29.2 Å². The van der Waals surface area contributed by atoms with Crippen molar-refractivity contribution in [3.8, 4) is 5.75 Å². The van der Waals surface area contributed by atoms with E-state index in [1.807, 2.05) is 24.3 Å². The van der Waals surface area contributed by atoms with Crippen LogP contribution in [0.4, 0.5) is 5.69 Å². The number of nitrogens with one attached hydrogen (secondary N) is 2. The van der Waals surface area contributed by atoms with Gasteiger partial charge in [-0.05, 0) is 29.3 Å². The monoisotopic (exact) mass is 363 g/mol. The van der Waals surface area contributed by atoms with Gasteiger partial charge in [0.15, 0.2) is 6.61 Å². The smallest absolute Gasteiger partial charge is 0.262 e. The summed E-state index contributed by atoms with van der Waals surface area (Å²) in [6.07, 6.45) is 3.16. The Morgan fingerprint density at radius 3 is 2.96 bits per heavy atom. The molecular weight excluding hydrogens is 346 g/mol. The summed E-state index contributed by atoms with van der Waals surface area (Å²) >= 11 is 0. The van der Waals surface area contributed by atoms with Crippen LogP contribution < -0.4 is 15.4 Å². The second-order valence-electron chi connectivity index (χ2n) is 6.14. The Bertz CT molecular complexity index is 985. The van der Waals surface area contributed by atoms with Crippen LogP contribution in [0.15, 0.2) is 55.1 Å². The van der Waals surface area contributed by atoms with Gasteiger partial charge in [0.05, 0.1) is 12.2 Å². The normalized spacial score (nSPS) is 12.7. The third-order valence-corrected chi connectivity index (χ3v) is 4.13. The van der Waals surface area contributed by atoms with Crippen molar-refractivity contribution in [1.82, 2.24) is 20.1 Å². The molecule has 8 nitrogen and oxygen atoms in total. The summed E-state index contributed by atoms with van der Waals surface area (Å²) in [6, 6.07) is 12.9. The fraction of sp³-hybridized carbons (Fsp3) is 0.158. The molecule has 0 radical (unpaired) electrons. The highest BCUT2D eigenvalue weighted by Gasteiger charge is 2.17. The average molecular weight is 363 g/mol. The van der Waals surface area contributed by atoms with Crippen molar-refractivity contribution in [2.45, 2.75) is 13.1 Å². The van der Waals surface area contributed by atoms with E-state index in [0.717, 1.165) is 11.1 Å². The van der Waals surface area contributed by atoms with Crippen molar-refractivity contribution < 1.29 is 14.3 Å². The third kappa shape index (κ3) is 3.95. The molecule has 2 heterocycles. The molecule has 2 N–H and O–H groups in total. The van der Waals surface area contributed by atoms with Gasteiger partial charge < -0.3 is 15.4 Å². The van der Waals surface area contributed by atoms with Crippen molar-refractivity contribution in [3.63, 3.8) is 0 Å². The van der Waals surface area contributed by atoms with Gasteiger partial charge in [0, 0.05) is 12.1 Å². The van der Waals surface area contributed by atoms with Crippen LogP contribution >= 0.6 is 0 Å². The number of carbonyl (C=O) groups is 2. The minimum absolute atomic E-state index is 0.0104. The van der Waals surface area contributed by atoms with E-state index in [-0.39, 0.29) is 18.4 Å². The molecule has 0 aliphatic carbocycles. The van der Waals surface area contributed by atoms with Gasteiger partial charge in [-0.2, -0.15) is 5.10 Å². The molecule has 0 spiro atoms. The number of anilines is 1. The Morgan fingerprint density at radius 2 is 2.11 bits per heavy atom. The molecule has 2 amide bonds. The Balaban J connectivity index is 1.41. The maximum Gasteiger partial charge on any atom is 0.262 e. The topological polar surface area (TPSA) is 98.1 Å². The highest BCUT2D eigenvalue weighted by atomic mass is 16.5. The summed E-state index contributed by atoms with van der Waals surface area (Å²) in [5.74, 6) is 0.107. The maximum atomic E-state index is 12.4. The van der Waals surface area contributed by atoms with Crippen LogP contribution in [0.25, 0.3) is 0 Å². The number of carbonyl (C=O) groups excluding carboxylic acids is 2. The maximum absolute atomic E-state index is 12.4. The van der Waals surface area contributed by atoms with Crippen molar-refractivity contribution in [3.05, 3.63) is 71.8 Å². The summed E-state index contributed by atoms with van der Waals surface area (Å²) < 4.78 is 7.04. The first kappa shape index (κ1) is 16.8. The summed E-state index contributed by atoms with van der Waals surface area (Å²) in [5.41, 5.74) is 3.02. The van der Waals surface area contributed by atoms with Gasteiger partial charge in [0.2, 0.25) is 0 Å². The van der Waals surface area contributed by atoms with Crippen LogP contribution in [0.1, 0.15) is 21.5 Å². The quantitative estimate of drug-likeness (QED) is 0.717. The van der Waals surface area contributed by atoms with E-state index in [0.29, 0.717) is 30.1 Å². The minimum atomic E-state index is -0.232. The molecular formula is C19H17N5O3. The standard InChI is InChI=1S/C19H17N5O3/c25-18-10-27-17-5-4-15(7-16(17)23-18)19(26)21-8-13-2-1-3-14(6-13)9-24-12-20-11-22-24/h1-7,11-12H,8-10H2,(H,21,26)(H,23,25). The highest BCUT2D eigenvalue weighted by Crippen LogP contribution is 2.28. The number of hydrogen-bond donors (Lipinski definition) is 2. The molecule has 0 unspecified atom stereocenters. The van der Waals surface area contributed by atoms with Crippen LogP contribution in [0.5, 0.6) is 5.75 Å². The van der Waals surface area contributed by atoms with Crippen LogP contribution in [-0.2, 0) is 17.9 Å². The number of ether oxygens (including phenoxy) is 1. The van der Waals surface area contributed by atoms with Gasteiger partial charge >= 0.3 is 0 Å². The number of hydrogen-bond acceptors (Lipinski definition) is 5. The zero-order valence-corrected chi connectivity index (χ0v) is 14.4. The fourth-order valence-electron chi connectivity index (χ4n) is 2.85. The highest BCUT2D eigenvalue weighted by molar-refractivity contribution is 5.99. The lowest BCUT2D eigenvalue weighted by molar-refractivity contribution is -0.118. The number of nitrogens with zero attached hydrogens (tertiary/aromatic N) is 3. The summed E-state index contributed by atoms with van der Waals surface area (Å²) in [6.45, 7) is 1.000. The molecule has 27 heavy (non-hydrogen) atoms. The lowest BCUT2D eigenvalue weighted by atomic mass is 10.1. The van der Waals surface area contributed by atoms with E-state index in [1.165, 1.54) is 6.33 Å². The van der Waals surface area contributed by atoms with Gasteiger partial charge in [-0.1, -0.05) is 24.3 Å². The number of fused-ring (bicyclic) bond motifs is 1. The molecule has 1 aliphatic rings. The predicted octanol–water partition coefficient (Wildman–Crippen LogP) is 1.59. The van der Waals surface area contributed by atoms with E-state index in [2.05, 4.69) is 20.7 Å². The minimum Gasteiger partial charge on any atom is -0.482 e. The summed E-state index contributed by atoms with van der Waals surface area (Å²) in [5, 5.41) is 9.68. The van der Waals surface area contributed by atoms with Crippen molar-refractivity contribution in [2.24, 2.45) is 0 Å². The zero-order chi connectivity index (χ0) is 18.6. The number of aromatic nitrogens is 3. The van der Waals surface area contributed by atoms with Crippen LogP contribution in [0.3, 0.4) is 0 Å². The number of amides is 2. The van der Waals surface area contributed by atoms with E-state index < -0.39 is 0 Å². The molecule has 0 saturated heterocycles. The first-order chi connectivity index (χ1) is 13.2. The lowest BCUT2D eigenvalue weighted by Gasteiger charge is -2.18. The molecule has 8 heteroatoms. The Kier molecular flexibility index (Phi) is 4.52. The predicted molar refractivity (Wildman–Crippen MR) is 97.3 cm³/mol. The first-order valence-corrected chi connectivity index (χ1v) is 8.42. The summed E-state index contributed by atoms with van der Waals surface area (Å²) in [4.78, 5) is 27.8. The van der Waals surface area contributed by atoms with Crippen LogP contribution in [-0.4, -0.2) is 33.2 Å². The largest absolute Gasteiger partial charge is 0.482 e. The van der Waals surface area contributed by atoms with Gasteiger partial charge in [-0.15, -0.1) is 0 Å². The molecule has 3 aromatic rings. The van der Waals surface area contributed by atoms with Crippen LogP contribution in [0.2, 0.25) is 0 Å². The van der Waals surface area contributed by atoms with Gasteiger partial charge in [0.25, 0.3) is 11.8 Å². The second kappa shape index (κ2) is 7.28. The van der Waals surface area contributed by atoms with E-state index in [4.69, 9.17) is 4.74 Å². The fourth-order valence-corrected chi connectivity index (χ4v) is 2.85. The summed E-state index contributed by atoms with van der Waals surface area (Å²) in [7, 11) is 0. The molecule has 0 fully saturated rings. The van der Waals surface area contributed by atoms with Crippen LogP contribution in [0, 0.1) is 0 Å². The van der Waals surface area contributed by atoms with Crippen molar-refractivity contribution >= 4 is 17.5 Å². The molecule has 1 aliphatic heterocycles.